The van der Waals surface area contributed by atoms with Gasteiger partial charge in [-0.3, -0.25) is 10.1 Å². The zero-order chi connectivity index (χ0) is 15.6. The molecule has 1 heterocycles. The van der Waals surface area contributed by atoms with Gasteiger partial charge in [0, 0.05) is 12.1 Å². The number of hydrogen-bond donors (Lipinski definition) is 3. The second kappa shape index (κ2) is 5.73. The minimum Gasteiger partial charge on any atom is -0.350 e. The molecule has 0 aliphatic rings. The highest BCUT2D eigenvalue weighted by Gasteiger charge is 2.17. The highest BCUT2D eigenvalue weighted by Crippen LogP contribution is 2.28. The van der Waals surface area contributed by atoms with Crippen molar-refractivity contribution in [2.75, 3.05) is 5.32 Å². The molecular weight excluding hydrogens is 272 g/mol. The van der Waals surface area contributed by atoms with Crippen LogP contribution in [0.5, 0.6) is 0 Å². The van der Waals surface area contributed by atoms with Crippen molar-refractivity contribution < 1.29 is 4.92 Å². The number of fused-ring (bicyclic) bond motifs is 1. The molecule has 1 aromatic carbocycles. The van der Waals surface area contributed by atoms with Crippen molar-refractivity contribution in [2.45, 2.75) is 12.3 Å². The number of nitrogens with two attached hydrogens (primary N) is 2. The van der Waals surface area contributed by atoms with Crippen LogP contribution in [0.25, 0.3) is 10.9 Å². The van der Waals surface area contributed by atoms with E-state index in [1.165, 1.54) is 29.0 Å². The summed E-state index contributed by atoms with van der Waals surface area (Å²) in [6.07, 6.45) is 1.93. The Hall–Kier alpha value is -2.71. The van der Waals surface area contributed by atoms with Gasteiger partial charge in [-0.05, 0) is 6.07 Å². The van der Waals surface area contributed by atoms with Crippen molar-refractivity contribution in [3.63, 3.8) is 0 Å². The van der Waals surface area contributed by atoms with Crippen molar-refractivity contribution in [3.8, 4) is 0 Å². The molecule has 0 aliphatic heterocycles. The van der Waals surface area contributed by atoms with E-state index in [0.29, 0.717) is 16.7 Å². The third-order valence-electron chi connectivity index (χ3n) is 2.98. The van der Waals surface area contributed by atoms with Gasteiger partial charge in [0.05, 0.1) is 22.0 Å². The molecule has 110 valence electrons. The molecule has 0 fully saturated rings. The first kappa shape index (κ1) is 14.7. The molecule has 8 nitrogen and oxygen atoms in total. The molecule has 0 bridgehead atoms. The number of non-ortho nitro benzene ring substituents is 1. The fraction of sp³-hybridized carbons (Fsp3) is 0.154. The second-order valence-corrected chi connectivity index (χ2v) is 4.38. The van der Waals surface area contributed by atoms with E-state index in [0.717, 1.165) is 0 Å². The zero-order valence-electron chi connectivity index (χ0n) is 11.3. The van der Waals surface area contributed by atoms with Gasteiger partial charge in [-0.1, -0.05) is 25.3 Å². The molecule has 2 unspecified atom stereocenters. The van der Waals surface area contributed by atoms with Gasteiger partial charge < -0.3 is 16.8 Å². The minimum atomic E-state index is -0.551. The molecular formula is C13H16N6O2. The van der Waals surface area contributed by atoms with Crippen LogP contribution in [0.2, 0.25) is 0 Å². The van der Waals surface area contributed by atoms with Crippen molar-refractivity contribution >= 4 is 22.4 Å². The summed E-state index contributed by atoms with van der Waals surface area (Å²) in [6, 6.07) is 4.41. The lowest BCUT2D eigenvalue weighted by molar-refractivity contribution is -0.384. The van der Waals surface area contributed by atoms with Crippen molar-refractivity contribution in [3.05, 3.63) is 53.6 Å². The van der Waals surface area contributed by atoms with E-state index >= 15 is 0 Å². The van der Waals surface area contributed by atoms with E-state index in [2.05, 4.69) is 23.6 Å². The average Bonchev–Trinajstić information content (AvgIpc) is 2.84. The van der Waals surface area contributed by atoms with Crippen molar-refractivity contribution in [2.24, 2.45) is 11.5 Å². The molecule has 5 N–H and O–H groups in total. The Morgan fingerprint density at radius 1 is 1.38 bits per heavy atom. The number of nitrogens with zero attached hydrogens (tertiary/aromatic N) is 3. The van der Waals surface area contributed by atoms with Crippen LogP contribution in [0.3, 0.4) is 0 Å². The molecule has 21 heavy (non-hydrogen) atoms. The molecule has 0 amide bonds. The van der Waals surface area contributed by atoms with Gasteiger partial charge in [0.2, 0.25) is 0 Å². The van der Waals surface area contributed by atoms with Crippen LogP contribution >= 0.6 is 0 Å². The number of nitro groups is 1. The Bertz CT molecular complexity index is 708. The molecule has 0 saturated carbocycles. The van der Waals surface area contributed by atoms with Gasteiger partial charge in [0.1, 0.15) is 6.17 Å². The number of benzene rings is 1. The summed E-state index contributed by atoms with van der Waals surface area (Å²) in [5, 5.41) is 18.7. The Labute approximate surface area is 120 Å². The predicted octanol–water partition coefficient (Wildman–Crippen LogP) is 1.47. The standard InChI is InChI=1S/C13H16N6O2/c1-3-11(14)16-13-9-7-8(19(20)21)5-6-10(9)18(17-13)12(15)4-2/h3-7,11-12H,1-2,14-15H2,(H,16,17). The molecule has 2 rings (SSSR count). The topological polar surface area (TPSA) is 125 Å². The van der Waals surface area contributed by atoms with E-state index in [-0.39, 0.29) is 5.69 Å². The Kier molecular flexibility index (Phi) is 4.01. The first-order valence-corrected chi connectivity index (χ1v) is 6.17. The molecule has 2 aromatic rings. The number of nitro benzene ring substituents is 1. The van der Waals surface area contributed by atoms with Gasteiger partial charge in [-0.15, -0.1) is 0 Å². The van der Waals surface area contributed by atoms with Gasteiger partial charge >= 0.3 is 0 Å². The van der Waals surface area contributed by atoms with Crippen molar-refractivity contribution in [1.82, 2.24) is 9.78 Å². The average molecular weight is 288 g/mol. The quantitative estimate of drug-likeness (QED) is 0.320. The summed E-state index contributed by atoms with van der Waals surface area (Å²) in [7, 11) is 0. The van der Waals surface area contributed by atoms with Crippen LogP contribution in [-0.4, -0.2) is 20.9 Å². The monoisotopic (exact) mass is 288 g/mol. The fourth-order valence-corrected chi connectivity index (χ4v) is 1.89. The third kappa shape index (κ3) is 2.76. The summed E-state index contributed by atoms with van der Waals surface area (Å²) in [4.78, 5) is 10.4. The van der Waals surface area contributed by atoms with E-state index < -0.39 is 17.3 Å². The Morgan fingerprint density at radius 2 is 2.10 bits per heavy atom. The summed E-state index contributed by atoms with van der Waals surface area (Å²) in [5.41, 5.74) is 12.3. The highest BCUT2D eigenvalue weighted by atomic mass is 16.6. The SMILES string of the molecule is C=CC(N)Nc1nn(C(N)C=C)c2ccc([N+](=O)[O-])cc12. The lowest BCUT2D eigenvalue weighted by atomic mass is 10.2. The van der Waals surface area contributed by atoms with Gasteiger partial charge in [0.15, 0.2) is 5.82 Å². The van der Waals surface area contributed by atoms with E-state index in [1.807, 2.05) is 0 Å². The second-order valence-electron chi connectivity index (χ2n) is 4.38. The summed E-state index contributed by atoms with van der Waals surface area (Å²) < 4.78 is 1.52. The zero-order valence-corrected chi connectivity index (χ0v) is 11.3. The Balaban J connectivity index is 2.64. The molecule has 0 spiro atoms. The molecule has 0 radical (unpaired) electrons. The largest absolute Gasteiger partial charge is 0.350 e. The normalized spacial score (nSPS) is 13.6. The molecule has 0 saturated heterocycles. The van der Waals surface area contributed by atoms with E-state index in [4.69, 9.17) is 11.5 Å². The van der Waals surface area contributed by atoms with Crippen LogP contribution in [0.1, 0.15) is 6.17 Å². The first-order valence-electron chi connectivity index (χ1n) is 6.17. The van der Waals surface area contributed by atoms with Crippen LogP contribution < -0.4 is 16.8 Å². The smallest absolute Gasteiger partial charge is 0.270 e. The third-order valence-corrected chi connectivity index (χ3v) is 2.98. The summed E-state index contributed by atoms with van der Waals surface area (Å²) >= 11 is 0. The van der Waals surface area contributed by atoms with Crippen molar-refractivity contribution in [1.29, 1.82) is 0 Å². The molecule has 2 atom stereocenters. The fourth-order valence-electron chi connectivity index (χ4n) is 1.89. The molecule has 1 aromatic heterocycles. The van der Waals surface area contributed by atoms with Gasteiger partial charge in [0.25, 0.3) is 5.69 Å². The van der Waals surface area contributed by atoms with Crippen LogP contribution in [0.4, 0.5) is 11.5 Å². The minimum absolute atomic E-state index is 0.0375. The van der Waals surface area contributed by atoms with Crippen LogP contribution in [0.15, 0.2) is 43.5 Å². The van der Waals surface area contributed by atoms with E-state index in [1.54, 1.807) is 6.07 Å². The maximum atomic E-state index is 10.9. The van der Waals surface area contributed by atoms with Gasteiger partial charge in [-0.2, -0.15) is 5.10 Å². The summed E-state index contributed by atoms with van der Waals surface area (Å²) in [5.74, 6) is 0.401. The maximum Gasteiger partial charge on any atom is 0.270 e. The predicted molar refractivity (Wildman–Crippen MR) is 81.6 cm³/mol. The highest BCUT2D eigenvalue weighted by molar-refractivity contribution is 5.92. The number of nitrogens with one attached hydrogen (secondary N) is 1. The van der Waals surface area contributed by atoms with Crippen LogP contribution in [0, 0.1) is 10.1 Å². The number of aromatic nitrogens is 2. The van der Waals surface area contributed by atoms with Crippen LogP contribution in [-0.2, 0) is 0 Å². The lowest BCUT2D eigenvalue weighted by Gasteiger charge is -2.09. The Morgan fingerprint density at radius 3 is 2.67 bits per heavy atom. The summed E-state index contributed by atoms with van der Waals surface area (Å²) in [6.45, 7) is 7.19. The molecule has 0 aliphatic carbocycles. The number of anilines is 1. The number of rotatable bonds is 6. The maximum absolute atomic E-state index is 10.9. The van der Waals surface area contributed by atoms with Gasteiger partial charge in [-0.25, -0.2) is 4.68 Å². The number of hydrogen-bond acceptors (Lipinski definition) is 6. The molecule has 8 heteroatoms. The lowest BCUT2D eigenvalue weighted by Crippen LogP contribution is -2.27. The van der Waals surface area contributed by atoms with E-state index in [9.17, 15) is 10.1 Å². The first-order chi connectivity index (χ1) is 9.97.